The van der Waals surface area contributed by atoms with Crippen molar-refractivity contribution in [2.24, 2.45) is 0 Å². The Balaban J connectivity index is 3.53. The van der Waals surface area contributed by atoms with E-state index in [0.717, 1.165) is 0 Å². The lowest BCUT2D eigenvalue weighted by molar-refractivity contribution is -0.891. The molecule has 0 fully saturated rings. The van der Waals surface area contributed by atoms with Gasteiger partial charge in [0.2, 0.25) is 0 Å². The monoisotopic (exact) mass is 511 g/mol. The van der Waals surface area contributed by atoms with Crippen molar-refractivity contribution >= 4 is 0 Å². The maximum absolute atomic E-state index is 2.46. The average molecular weight is 511 g/mol. The molecule has 0 aliphatic heterocycles. The van der Waals surface area contributed by atoms with E-state index in [1.807, 2.05) is 0 Å². The van der Waals surface area contributed by atoms with Crippen LogP contribution < -0.4 is 0 Å². The van der Waals surface area contributed by atoms with Crippen LogP contribution in [0.15, 0.2) is 0 Å². The highest BCUT2D eigenvalue weighted by Crippen LogP contribution is 2.15. The first-order valence-electron chi connectivity index (χ1n) is 17.0. The van der Waals surface area contributed by atoms with Crippen LogP contribution in [-0.2, 0) is 0 Å². The third kappa shape index (κ3) is 27.0. The maximum Gasteiger partial charge on any atom is 0.0782 e. The summed E-state index contributed by atoms with van der Waals surface area (Å²) in [6.45, 7) is 10.1. The second-order valence-corrected chi connectivity index (χ2v) is 13.5. The van der Waals surface area contributed by atoms with Gasteiger partial charge in [0.1, 0.15) is 0 Å². The fourth-order valence-corrected chi connectivity index (χ4v) is 5.71. The Morgan fingerprint density at radius 2 is 0.417 bits per heavy atom. The molecule has 0 saturated carbocycles. The van der Waals surface area contributed by atoms with E-state index in [-0.39, 0.29) is 0 Å². The molecule has 36 heavy (non-hydrogen) atoms. The minimum absolute atomic E-state index is 1.23. The molecule has 0 radical (unpaired) electrons. The van der Waals surface area contributed by atoms with E-state index in [0.29, 0.717) is 0 Å². The molecule has 0 aliphatic rings. The number of unbranched alkanes of at least 4 members (excludes halogenated alkanes) is 21. The Morgan fingerprint density at radius 3 is 0.611 bits per heavy atom. The summed E-state index contributed by atoms with van der Waals surface area (Å²) in [5.74, 6) is 0. The lowest BCUT2D eigenvalue weighted by atomic mass is 10.1. The number of hydrogen-bond acceptors (Lipinski definition) is 0. The van der Waals surface area contributed by atoms with E-state index in [1.54, 1.807) is 0 Å². The molecule has 0 spiro atoms. The summed E-state index contributed by atoms with van der Waals surface area (Å²) < 4.78 is 2.47. The van der Waals surface area contributed by atoms with Crippen molar-refractivity contribution < 1.29 is 8.97 Å². The standard InChI is InChI=1S/C34H74N2/c1-7-9-11-13-15-17-18-20-22-24-28-32-36(5,6)34-30-26-25-29-33-35(3,4)31-27-23-21-19-16-14-12-10-8-2/h7-34H2,1-6H3/q+2. The Hall–Kier alpha value is -0.0800. The predicted molar refractivity (Wildman–Crippen MR) is 166 cm³/mol. The fourth-order valence-electron chi connectivity index (χ4n) is 5.71. The topological polar surface area (TPSA) is 0 Å². The number of nitrogens with zero attached hydrogens (tertiary/aromatic N) is 2. The number of hydrogen-bond donors (Lipinski definition) is 0. The zero-order chi connectivity index (χ0) is 26.8. The highest BCUT2D eigenvalue weighted by molar-refractivity contribution is 4.50. The molecule has 0 aromatic rings. The molecule has 2 heteroatoms. The first-order chi connectivity index (χ1) is 17.3. The van der Waals surface area contributed by atoms with Gasteiger partial charge < -0.3 is 8.97 Å². The summed E-state index contributed by atoms with van der Waals surface area (Å²) in [6, 6.07) is 0. The molecule has 0 N–H and O–H groups in total. The Morgan fingerprint density at radius 1 is 0.250 bits per heavy atom. The summed E-state index contributed by atoms with van der Waals surface area (Å²) in [7, 11) is 9.83. The molecule has 218 valence electrons. The third-order valence-corrected chi connectivity index (χ3v) is 8.51. The highest BCUT2D eigenvalue weighted by atomic mass is 15.3. The third-order valence-electron chi connectivity index (χ3n) is 8.51. The zero-order valence-corrected chi connectivity index (χ0v) is 26.7. The highest BCUT2D eigenvalue weighted by Gasteiger charge is 2.15. The molecule has 0 bridgehead atoms. The minimum atomic E-state index is 1.23. The summed E-state index contributed by atoms with van der Waals surface area (Å²) in [5, 5.41) is 0. The van der Waals surface area contributed by atoms with E-state index in [2.05, 4.69) is 42.0 Å². The molecule has 0 atom stereocenters. The largest absolute Gasteiger partial charge is 0.328 e. The smallest absolute Gasteiger partial charge is 0.0782 e. The predicted octanol–water partition coefficient (Wildman–Crippen LogP) is 10.5. The van der Waals surface area contributed by atoms with Crippen LogP contribution in [0, 0.1) is 0 Å². The van der Waals surface area contributed by atoms with Crippen molar-refractivity contribution in [1.82, 2.24) is 0 Å². The van der Waals surface area contributed by atoms with Gasteiger partial charge >= 0.3 is 0 Å². The zero-order valence-electron chi connectivity index (χ0n) is 26.7. The van der Waals surface area contributed by atoms with Crippen molar-refractivity contribution in [3.63, 3.8) is 0 Å². The number of quaternary nitrogens is 2. The Kier molecular flexibility index (Phi) is 25.2. The van der Waals surface area contributed by atoms with E-state index < -0.39 is 0 Å². The van der Waals surface area contributed by atoms with Crippen LogP contribution in [-0.4, -0.2) is 63.3 Å². The SMILES string of the molecule is CCCCCCCCCCCCC[N+](C)(C)CCCCCC[N+](C)(C)CCCCCCCCCCC. The van der Waals surface area contributed by atoms with E-state index in [9.17, 15) is 0 Å². The van der Waals surface area contributed by atoms with Gasteiger partial charge in [0.15, 0.2) is 0 Å². The normalized spacial score (nSPS) is 12.5. The van der Waals surface area contributed by atoms with Gasteiger partial charge in [0, 0.05) is 0 Å². The Bertz CT molecular complexity index is 429. The van der Waals surface area contributed by atoms with E-state index in [4.69, 9.17) is 0 Å². The van der Waals surface area contributed by atoms with Crippen molar-refractivity contribution in [1.29, 1.82) is 0 Å². The van der Waals surface area contributed by atoms with Gasteiger partial charge in [0.25, 0.3) is 0 Å². The fraction of sp³-hybridized carbons (Fsp3) is 1.00. The van der Waals surface area contributed by atoms with Crippen LogP contribution in [0.4, 0.5) is 0 Å². The summed E-state index contributed by atoms with van der Waals surface area (Å²) >= 11 is 0. The van der Waals surface area contributed by atoms with Crippen LogP contribution in [0.5, 0.6) is 0 Å². The van der Waals surface area contributed by atoms with Crippen molar-refractivity contribution in [2.45, 2.75) is 168 Å². The van der Waals surface area contributed by atoms with Crippen molar-refractivity contribution in [3.8, 4) is 0 Å². The van der Waals surface area contributed by atoms with Gasteiger partial charge in [-0.1, -0.05) is 117 Å². The van der Waals surface area contributed by atoms with Crippen LogP contribution >= 0.6 is 0 Å². The number of rotatable bonds is 29. The van der Waals surface area contributed by atoms with Gasteiger partial charge in [0.05, 0.1) is 54.4 Å². The van der Waals surface area contributed by atoms with E-state index in [1.165, 1.54) is 189 Å². The molecular formula is C34H74N2+2. The van der Waals surface area contributed by atoms with Crippen molar-refractivity contribution in [3.05, 3.63) is 0 Å². The van der Waals surface area contributed by atoms with Gasteiger partial charge in [-0.3, -0.25) is 0 Å². The Labute approximate surface area is 231 Å². The second-order valence-electron chi connectivity index (χ2n) is 13.5. The molecule has 0 heterocycles. The molecule has 0 amide bonds. The quantitative estimate of drug-likeness (QED) is 0.0693. The second kappa shape index (κ2) is 25.2. The minimum Gasteiger partial charge on any atom is -0.328 e. The van der Waals surface area contributed by atoms with Gasteiger partial charge in [-0.05, 0) is 51.4 Å². The molecule has 0 aliphatic carbocycles. The van der Waals surface area contributed by atoms with Crippen LogP contribution in [0.3, 0.4) is 0 Å². The molecule has 0 aromatic heterocycles. The van der Waals surface area contributed by atoms with Crippen LogP contribution in [0.25, 0.3) is 0 Å². The van der Waals surface area contributed by atoms with Gasteiger partial charge in [-0.15, -0.1) is 0 Å². The molecular weight excluding hydrogens is 436 g/mol. The van der Waals surface area contributed by atoms with E-state index >= 15 is 0 Å². The summed E-state index contributed by atoms with van der Waals surface area (Å²) in [4.78, 5) is 0. The molecule has 0 rings (SSSR count). The maximum atomic E-state index is 2.46. The van der Waals surface area contributed by atoms with Crippen LogP contribution in [0.2, 0.25) is 0 Å². The summed E-state index contributed by atoms with van der Waals surface area (Å²) in [5.41, 5.74) is 0. The molecule has 0 unspecified atom stereocenters. The van der Waals surface area contributed by atoms with Crippen LogP contribution in [0.1, 0.15) is 168 Å². The molecule has 0 saturated heterocycles. The lowest BCUT2D eigenvalue weighted by Crippen LogP contribution is -2.41. The summed E-state index contributed by atoms with van der Waals surface area (Å²) in [6.07, 6.45) is 34.6. The molecule has 2 nitrogen and oxygen atoms in total. The van der Waals surface area contributed by atoms with Gasteiger partial charge in [-0.2, -0.15) is 0 Å². The van der Waals surface area contributed by atoms with Crippen molar-refractivity contribution in [2.75, 3.05) is 54.4 Å². The molecule has 0 aromatic carbocycles. The lowest BCUT2D eigenvalue weighted by Gasteiger charge is -2.31. The first-order valence-corrected chi connectivity index (χ1v) is 17.0. The first kappa shape index (κ1) is 35.9. The van der Waals surface area contributed by atoms with Gasteiger partial charge in [-0.25, -0.2) is 0 Å². The average Bonchev–Trinajstić information content (AvgIpc) is 2.83.